The van der Waals surface area contributed by atoms with E-state index in [0.29, 0.717) is 6.61 Å². The van der Waals surface area contributed by atoms with E-state index in [0.717, 1.165) is 17.2 Å². The number of nitrogens with one attached hydrogen (secondary N) is 1. The van der Waals surface area contributed by atoms with Crippen LogP contribution in [0.4, 0.5) is 5.69 Å². The second kappa shape index (κ2) is 6.48. The summed E-state index contributed by atoms with van der Waals surface area (Å²) in [7, 11) is 1.65. The van der Waals surface area contributed by atoms with Crippen molar-refractivity contribution in [3.05, 3.63) is 40.6 Å². The third-order valence-corrected chi connectivity index (χ3v) is 3.59. The Hall–Kier alpha value is -1.68. The molecule has 1 N–H and O–H groups in total. The second-order valence-electron chi connectivity index (χ2n) is 4.22. The molecule has 102 valence electrons. The lowest BCUT2D eigenvalue weighted by molar-refractivity contribution is 0.311. The monoisotopic (exact) mass is 277 g/mol. The van der Waals surface area contributed by atoms with Crippen molar-refractivity contribution in [2.45, 2.75) is 19.9 Å². The Labute approximate surface area is 118 Å². The maximum Gasteiger partial charge on any atom is 0.163 e. The molecule has 0 radical (unpaired) electrons. The number of thiophene rings is 1. The molecule has 0 saturated heterocycles. The summed E-state index contributed by atoms with van der Waals surface area (Å²) in [5.41, 5.74) is 2.32. The largest absolute Gasteiger partial charge is 0.493 e. The normalized spacial score (nSPS) is 11.9. The van der Waals surface area contributed by atoms with Crippen LogP contribution in [0.5, 0.6) is 11.5 Å². The predicted molar refractivity (Wildman–Crippen MR) is 80.5 cm³/mol. The molecule has 19 heavy (non-hydrogen) atoms. The van der Waals surface area contributed by atoms with Gasteiger partial charge in [-0.25, -0.2) is 0 Å². The first-order valence-corrected chi connectivity index (χ1v) is 7.28. The van der Waals surface area contributed by atoms with Crippen LogP contribution >= 0.6 is 11.3 Å². The van der Waals surface area contributed by atoms with Crippen LogP contribution in [0.2, 0.25) is 0 Å². The van der Waals surface area contributed by atoms with Gasteiger partial charge in [-0.3, -0.25) is 0 Å². The molecular formula is C15H19NO2S. The van der Waals surface area contributed by atoms with Crippen LogP contribution in [0.3, 0.4) is 0 Å². The standard InChI is InChI=1S/C15H19NO2S/c1-4-18-15-9-13(5-6-14(15)17-3)16-11(2)12-7-8-19-10-12/h5-11,16H,4H2,1-3H3. The Morgan fingerprint density at radius 3 is 2.74 bits per heavy atom. The fourth-order valence-electron chi connectivity index (χ4n) is 1.89. The van der Waals surface area contributed by atoms with Crippen molar-refractivity contribution in [3.8, 4) is 11.5 Å². The highest BCUT2D eigenvalue weighted by Crippen LogP contribution is 2.31. The van der Waals surface area contributed by atoms with Crippen molar-refractivity contribution in [1.29, 1.82) is 0 Å². The van der Waals surface area contributed by atoms with Gasteiger partial charge in [0, 0.05) is 17.8 Å². The van der Waals surface area contributed by atoms with Crippen molar-refractivity contribution in [2.75, 3.05) is 19.0 Å². The number of ether oxygens (including phenoxy) is 2. The molecule has 0 spiro atoms. The summed E-state index contributed by atoms with van der Waals surface area (Å²) < 4.78 is 10.9. The Bertz CT molecular complexity index is 511. The highest BCUT2D eigenvalue weighted by Gasteiger charge is 2.09. The first-order chi connectivity index (χ1) is 9.24. The van der Waals surface area contributed by atoms with Gasteiger partial charge < -0.3 is 14.8 Å². The van der Waals surface area contributed by atoms with Gasteiger partial charge in [0.2, 0.25) is 0 Å². The smallest absolute Gasteiger partial charge is 0.163 e. The topological polar surface area (TPSA) is 30.5 Å². The van der Waals surface area contributed by atoms with Gasteiger partial charge in [0.05, 0.1) is 13.7 Å². The fourth-order valence-corrected chi connectivity index (χ4v) is 2.64. The predicted octanol–water partition coefficient (Wildman–Crippen LogP) is 4.33. The molecule has 0 fully saturated rings. The molecule has 0 saturated carbocycles. The Morgan fingerprint density at radius 2 is 2.11 bits per heavy atom. The Morgan fingerprint density at radius 1 is 1.26 bits per heavy atom. The van der Waals surface area contributed by atoms with Crippen LogP contribution in [0.1, 0.15) is 25.5 Å². The van der Waals surface area contributed by atoms with Crippen LogP contribution < -0.4 is 14.8 Å². The van der Waals surface area contributed by atoms with Crippen LogP contribution in [-0.2, 0) is 0 Å². The van der Waals surface area contributed by atoms with Gasteiger partial charge in [0.25, 0.3) is 0 Å². The molecule has 1 heterocycles. The summed E-state index contributed by atoms with van der Waals surface area (Å²) in [6.45, 7) is 4.74. The van der Waals surface area contributed by atoms with Crippen LogP contribution in [0.15, 0.2) is 35.0 Å². The van der Waals surface area contributed by atoms with Crippen LogP contribution in [0, 0.1) is 0 Å². The maximum absolute atomic E-state index is 5.58. The van der Waals surface area contributed by atoms with E-state index < -0.39 is 0 Å². The van der Waals surface area contributed by atoms with Crippen LogP contribution in [-0.4, -0.2) is 13.7 Å². The lowest BCUT2D eigenvalue weighted by Gasteiger charge is -2.16. The van der Waals surface area contributed by atoms with Gasteiger partial charge >= 0.3 is 0 Å². The van der Waals surface area contributed by atoms with E-state index in [1.54, 1.807) is 18.4 Å². The molecule has 0 aliphatic rings. The molecule has 0 aliphatic carbocycles. The van der Waals surface area contributed by atoms with E-state index in [4.69, 9.17) is 9.47 Å². The summed E-state index contributed by atoms with van der Waals surface area (Å²) >= 11 is 1.71. The van der Waals surface area contributed by atoms with E-state index in [1.807, 2.05) is 25.1 Å². The lowest BCUT2D eigenvalue weighted by atomic mass is 10.1. The molecule has 0 amide bonds. The van der Waals surface area contributed by atoms with Gasteiger partial charge in [-0.1, -0.05) is 0 Å². The van der Waals surface area contributed by atoms with E-state index in [1.165, 1.54) is 5.56 Å². The summed E-state index contributed by atoms with van der Waals surface area (Å²) in [6, 6.07) is 8.31. The van der Waals surface area contributed by atoms with Crippen molar-refractivity contribution < 1.29 is 9.47 Å². The lowest BCUT2D eigenvalue weighted by Crippen LogP contribution is -2.06. The quantitative estimate of drug-likeness (QED) is 0.852. The zero-order valence-electron chi connectivity index (χ0n) is 11.5. The summed E-state index contributed by atoms with van der Waals surface area (Å²) in [6.07, 6.45) is 0. The summed E-state index contributed by atoms with van der Waals surface area (Å²) in [5, 5.41) is 7.71. The summed E-state index contributed by atoms with van der Waals surface area (Å²) in [5.74, 6) is 1.53. The second-order valence-corrected chi connectivity index (χ2v) is 5.00. The Balaban J connectivity index is 2.14. The fraction of sp³-hybridized carbons (Fsp3) is 0.333. The van der Waals surface area contributed by atoms with E-state index in [2.05, 4.69) is 29.1 Å². The van der Waals surface area contributed by atoms with E-state index in [9.17, 15) is 0 Å². The molecule has 1 unspecified atom stereocenters. The minimum Gasteiger partial charge on any atom is -0.493 e. The van der Waals surface area contributed by atoms with Crippen molar-refractivity contribution >= 4 is 17.0 Å². The minimum atomic E-state index is 0.272. The number of methoxy groups -OCH3 is 1. The molecule has 1 atom stereocenters. The van der Waals surface area contributed by atoms with Gasteiger partial charge in [-0.05, 0) is 48.4 Å². The third kappa shape index (κ3) is 3.41. The number of hydrogen-bond donors (Lipinski definition) is 1. The van der Waals surface area contributed by atoms with Gasteiger partial charge in [0.1, 0.15) is 0 Å². The Kier molecular flexibility index (Phi) is 4.68. The number of rotatable bonds is 6. The number of hydrogen-bond acceptors (Lipinski definition) is 4. The van der Waals surface area contributed by atoms with E-state index >= 15 is 0 Å². The van der Waals surface area contributed by atoms with Crippen molar-refractivity contribution in [3.63, 3.8) is 0 Å². The van der Waals surface area contributed by atoms with Crippen LogP contribution in [0.25, 0.3) is 0 Å². The molecule has 1 aromatic heterocycles. The van der Waals surface area contributed by atoms with Gasteiger partial charge in [-0.2, -0.15) is 11.3 Å². The SMILES string of the molecule is CCOc1cc(NC(C)c2ccsc2)ccc1OC. The molecule has 2 rings (SSSR count). The first-order valence-electron chi connectivity index (χ1n) is 6.34. The highest BCUT2D eigenvalue weighted by atomic mass is 32.1. The molecule has 1 aromatic carbocycles. The average molecular weight is 277 g/mol. The average Bonchev–Trinajstić information content (AvgIpc) is 2.93. The van der Waals surface area contributed by atoms with Crippen molar-refractivity contribution in [2.24, 2.45) is 0 Å². The van der Waals surface area contributed by atoms with Gasteiger partial charge in [-0.15, -0.1) is 0 Å². The molecule has 2 aromatic rings. The number of benzene rings is 1. The summed E-state index contributed by atoms with van der Waals surface area (Å²) in [4.78, 5) is 0. The molecule has 3 nitrogen and oxygen atoms in total. The first kappa shape index (κ1) is 13.7. The number of anilines is 1. The zero-order valence-corrected chi connectivity index (χ0v) is 12.3. The third-order valence-electron chi connectivity index (χ3n) is 2.89. The maximum atomic E-state index is 5.58. The molecule has 0 bridgehead atoms. The molecule has 4 heteroatoms. The van der Waals surface area contributed by atoms with E-state index in [-0.39, 0.29) is 6.04 Å². The van der Waals surface area contributed by atoms with Gasteiger partial charge in [0.15, 0.2) is 11.5 Å². The zero-order chi connectivity index (χ0) is 13.7. The molecule has 0 aliphatic heterocycles. The van der Waals surface area contributed by atoms with Crippen molar-refractivity contribution in [1.82, 2.24) is 0 Å². The molecular weight excluding hydrogens is 258 g/mol. The minimum absolute atomic E-state index is 0.272. The highest BCUT2D eigenvalue weighted by molar-refractivity contribution is 7.07.